The fraction of sp³-hybridized carbons (Fsp3) is 0.0556. The van der Waals surface area contributed by atoms with Crippen molar-refractivity contribution in [2.24, 2.45) is 0 Å². The van der Waals surface area contributed by atoms with Crippen LogP contribution < -0.4 is 4.74 Å². The number of hydrogen-bond acceptors (Lipinski definition) is 2. The van der Waals surface area contributed by atoms with Gasteiger partial charge >= 0.3 is 0 Å². The lowest BCUT2D eigenvalue weighted by molar-refractivity contribution is 0.104. The van der Waals surface area contributed by atoms with Crippen LogP contribution in [0, 0.1) is 0 Å². The Bertz CT molecular complexity index is 824. The molecule has 0 radical (unpaired) electrons. The zero-order chi connectivity index (χ0) is 14.8. The first-order chi connectivity index (χ1) is 10.2. The smallest absolute Gasteiger partial charge is 0.193 e. The molecule has 104 valence electrons. The molecule has 0 fully saturated rings. The summed E-state index contributed by atoms with van der Waals surface area (Å²) in [6, 6.07) is 18.9. The van der Waals surface area contributed by atoms with E-state index < -0.39 is 0 Å². The lowest BCUT2D eigenvalue weighted by atomic mass is 9.97. The first-order valence-electron chi connectivity index (χ1n) is 6.56. The van der Waals surface area contributed by atoms with Gasteiger partial charge in [-0.25, -0.2) is 0 Å². The molecule has 0 aromatic heterocycles. The van der Waals surface area contributed by atoms with E-state index in [4.69, 9.17) is 4.74 Å². The van der Waals surface area contributed by atoms with Gasteiger partial charge in [-0.15, -0.1) is 0 Å². The van der Waals surface area contributed by atoms with Crippen LogP contribution in [0.1, 0.15) is 15.9 Å². The van der Waals surface area contributed by atoms with Crippen LogP contribution >= 0.6 is 15.9 Å². The van der Waals surface area contributed by atoms with E-state index in [1.54, 1.807) is 13.2 Å². The van der Waals surface area contributed by atoms with E-state index >= 15 is 0 Å². The molecule has 0 aliphatic rings. The van der Waals surface area contributed by atoms with Gasteiger partial charge in [0.1, 0.15) is 5.75 Å². The monoisotopic (exact) mass is 340 g/mol. The van der Waals surface area contributed by atoms with E-state index in [-0.39, 0.29) is 5.78 Å². The molecule has 0 bridgehead atoms. The fourth-order valence-corrected chi connectivity index (χ4v) is 2.86. The van der Waals surface area contributed by atoms with Gasteiger partial charge in [-0.05, 0) is 35.0 Å². The van der Waals surface area contributed by atoms with Gasteiger partial charge < -0.3 is 4.74 Å². The largest absolute Gasteiger partial charge is 0.497 e. The lowest BCUT2D eigenvalue weighted by Gasteiger charge is -2.08. The molecule has 3 rings (SSSR count). The van der Waals surface area contributed by atoms with E-state index in [1.807, 2.05) is 54.6 Å². The summed E-state index contributed by atoms with van der Waals surface area (Å²) in [6.45, 7) is 0. The number of ketones is 1. The molecule has 0 aliphatic carbocycles. The van der Waals surface area contributed by atoms with Gasteiger partial charge in [-0.1, -0.05) is 52.3 Å². The first-order valence-corrected chi connectivity index (χ1v) is 7.36. The van der Waals surface area contributed by atoms with Gasteiger partial charge in [0.05, 0.1) is 7.11 Å². The van der Waals surface area contributed by atoms with Crippen LogP contribution in [0.5, 0.6) is 5.75 Å². The van der Waals surface area contributed by atoms with Crippen LogP contribution in [-0.4, -0.2) is 12.9 Å². The Labute approximate surface area is 131 Å². The van der Waals surface area contributed by atoms with E-state index in [2.05, 4.69) is 15.9 Å². The van der Waals surface area contributed by atoms with Crippen LogP contribution in [0.3, 0.4) is 0 Å². The molecule has 0 saturated heterocycles. The molecule has 3 heteroatoms. The average Bonchev–Trinajstić information content (AvgIpc) is 2.55. The summed E-state index contributed by atoms with van der Waals surface area (Å²) < 4.78 is 6.17. The quantitative estimate of drug-likeness (QED) is 0.637. The van der Waals surface area contributed by atoms with Gasteiger partial charge in [-0.3, -0.25) is 4.79 Å². The van der Waals surface area contributed by atoms with Crippen molar-refractivity contribution in [2.45, 2.75) is 0 Å². The molecule has 0 saturated carbocycles. The maximum atomic E-state index is 12.8. The number of halogens is 1. The average molecular weight is 341 g/mol. The van der Waals surface area contributed by atoms with Crippen LogP contribution in [-0.2, 0) is 0 Å². The van der Waals surface area contributed by atoms with Gasteiger partial charge in [-0.2, -0.15) is 0 Å². The predicted molar refractivity (Wildman–Crippen MR) is 88.1 cm³/mol. The highest BCUT2D eigenvalue weighted by Crippen LogP contribution is 2.28. The van der Waals surface area contributed by atoms with Crippen molar-refractivity contribution in [3.8, 4) is 5.75 Å². The predicted octanol–water partition coefficient (Wildman–Crippen LogP) is 4.84. The molecule has 21 heavy (non-hydrogen) atoms. The number of carbonyl (C=O) groups is 1. The van der Waals surface area contributed by atoms with Crippen molar-refractivity contribution in [1.29, 1.82) is 0 Å². The topological polar surface area (TPSA) is 26.3 Å². The van der Waals surface area contributed by atoms with Crippen LogP contribution in [0.4, 0.5) is 0 Å². The maximum absolute atomic E-state index is 12.8. The summed E-state index contributed by atoms with van der Waals surface area (Å²) in [7, 11) is 1.60. The Morgan fingerprint density at radius 3 is 2.48 bits per heavy atom. The Balaban J connectivity index is 2.16. The highest BCUT2D eigenvalue weighted by molar-refractivity contribution is 9.10. The van der Waals surface area contributed by atoms with Crippen molar-refractivity contribution in [3.05, 3.63) is 76.3 Å². The number of rotatable bonds is 3. The minimum absolute atomic E-state index is 0.00222. The number of hydrogen-bond donors (Lipinski definition) is 0. The zero-order valence-electron chi connectivity index (χ0n) is 11.5. The molecule has 0 spiro atoms. The summed E-state index contributed by atoms with van der Waals surface area (Å²) in [6.07, 6.45) is 0. The highest BCUT2D eigenvalue weighted by atomic mass is 79.9. The molecular weight excluding hydrogens is 328 g/mol. The van der Waals surface area contributed by atoms with E-state index in [1.165, 1.54) is 0 Å². The Hall–Kier alpha value is -2.13. The fourth-order valence-electron chi connectivity index (χ4n) is 2.38. The standard InChI is InChI=1S/C18H13BrO2/c1-21-13-6-4-5-12(11-13)18(20)16-9-10-17(19)15-8-3-2-7-14(15)16/h2-11H,1H3. The van der Waals surface area contributed by atoms with Crippen molar-refractivity contribution >= 4 is 32.5 Å². The minimum Gasteiger partial charge on any atom is -0.497 e. The van der Waals surface area contributed by atoms with E-state index in [9.17, 15) is 4.79 Å². The molecule has 0 heterocycles. The Morgan fingerprint density at radius 2 is 1.71 bits per heavy atom. The number of ether oxygens (including phenoxy) is 1. The number of carbonyl (C=O) groups excluding carboxylic acids is 1. The van der Waals surface area contributed by atoms with Gasteiger partial charge in [0.25, 0.3) is 0 Å². The second-order valence-electron chi connectivity index (χ2n) is 4.70. The molecule has 3 aromatic carbocycles. The third-order valence-electron chi connectivity index (χ3n) is 3.45. The number of methoxy groups -OCH3 is 1. The summed E-state index contributed by atoms with van der Waals surface area (Å²) in [5.74, 6) is 0.680. The molecule has 0 unspecified atom stereocenters. The number of benzene rings is 3. The molecule has 2 nitrogen and oxygen atoms in total. The van der Waals surface area contributed by atoms with Crippen LogP contribution in [0.15, 0.2) is 65.1 Å². The maximum Gasteiger partial charge on any atom is 0.193 e. The van der Waals surface area contributed by atoms with Crippen molar-refractivity contribution in [3.63, 3.8) is 0 Å². The van der Waals surface area contributed by atoms with Crippen molar-refractivity contribution < 1.29 is 9.53 Å². The third-order valence-corrected chi connectivity index (χ3v) is 4.14. The van der Waals surface area contributed by atoms with Gasteiger partial charge in [0, 0.05) is 15.6 Å². The Morgan fingerprint density at radius 1 is 0.952 bits per heavy atom. The summed E-state index contributed by atoms with van der Waals surface area (Å²) in [5, 5.41) is 1.98. The molecule has 0 atom stereocenters. The SMILES string of the molecule is COc1cccc(C(=O)c2ccc(Br)c3ccccc23)c1. The van der Waals surface area contributed by atoms with Gasteiger partial charge in [0.2, 0.25) is 0 Å². The lowest BCUT2D eigenvalue weighted by Crippen LogP contribution is -2.02. The molecular formula is C18H13BrO2. The van der Waals surface area contributed by atoms with Crippen LogP contribution in [0.25, 0.3) is 10.8 Å². The molecule has 0 N–H and O–H groups in total. The van der Waals surface area contributed by atoms with E-state index in [0.29, 0.717) is 16.9 Å². The minimum atomic E-state index is -0.00222. The summed E-state index contributed by atoms with van der Waals surface area (Å²) in [4.78, 5) is 12.8. The second-order valence-corrected chi connectivity index (χ2v) is 5.56. The first kappa shape index (κ1) is 13.8. The van der Waals surface area contributed by atoms with Crippen molar-refractivity contribution in [2.75, 3.05) is 7.11 Å². The zero-order valence-corrected chi connectivity index (χ0v) is 13.1. The van der Waals surface area contributed by atoms with Gasteiger partial charge in [0.15, 0.2) is 5.78 Å². The summed E-state index contributed by atoms with van der Waals surface area (Å²) in [5.41, 5.74) is 1.32. The summed E-state index contributed by atoms with van der Waals surface area (Å²) >= 11 is 3.53. The van der Waals surface area contributed by atoms with Crippen LogP contribution in [0.2, 0.25) is 0 Å². The van der Waals surface area contributed by atoms with Crippen molar-refractivity contribution in [1.82, 2.24) is 0 Å². The normalized spacial score (nSPS) is 10.6. The molecule has 0 aliphatic heterocycles. The third kappa shape index (κ3) is 2.57. The Kier molecular flexibility index (Phi) is 3.76. The molecule has 3 aromatic rings. The highest BCUT2D eigenvalue weighted by Gasteiger charge is 2.14. The number of fused-ring (bicyclic) bond motifs is 1. The molecule has 0 amide bonds. The second kappa shape index (κ2) is 5.70. The van der Waals surface area contributed by atoms with E-state index in [0.717, 1.165) is 15.2 Å².